The van der Waals surface area contributed by atoms with Gasteiger partial charge in [0.05, 0.1) is 0 Å². The lowest BCUT2D eigenvalue weighted by atomic mass is 9.92. The van der Waals surface area contributed by atoms with Gasteiger partial charge in [0.2, 0.25) is 0 Å². The molecule has 1 nitrogen and oxygen atoms in total. The van der Waals surface area contributed by atoms with Crippen LogP contribution in [-0.2, 0) is 6.42 Å². The van der Waals surface area contributed by atoms with Gasteiger partial charge in [0, 0.05) is 23.0 Å². The van der Waals surface area contributed by atoms with E-state index in [9.17, 15) is 0 Å². The Kier molecular flexibility index (Phi) is 5.25. The summed E-state index contributed by atoms with van der Waals surface area (Å²) in [6.07, 6.45) is 1.06. The normalized spacial score (nSPS) is 13.4. The number of thiophene rings is 1. The third-order valence-electron chi connectivity index (χ3n) is 3.28. The molecule has 0 saturated heterocycles. The van der Waals surface area contributed by atoms with Gasteiger partial charge in [0.25, 0.3) is 0 Å². The lowest BCUT2D eigenvalue weighted by molar-refractivity contribution is 0.405. The summed E-state index contributed by atoms with van der Waals surface area (Å²) in [6, 6.07) is 10.5. The van der Waals surface area contributed by atoms with E-state index in [1.54, 1.807) is 11.3 Å². The zero-order chi connectivity index (χ0) is 14.6. The van der Waals surface area contributed by atoms with Crippen molar-refractivity contribution in [3.8, 4) is 0 Å². The Hall–Kier alpha value is -0.830. The molecule has 1 aromatic heterocycles. The van der Waals surface area contributed by atoms with Gasteiger partial charge in [0.1, 0.15) is 0 Å². The van der Waals surface area contributed by atoms with Crippen LogP contribution in [0.4, 0.5) is 0 Å². The van der Waals surface area contributed by atoms with E-state index in [0.29, 0.717) is 5.92 Å². The first-order valence-corrected chi connectivity index (χ1v) is 8.28. The number of halogens is 1. The van der Waals surface area contributed by atoms with Gasteiger partial charge in [0.15, 0.2) is 0 Å². The van der Waals surface area contributed by atoms with Crippen LogP contribution in [0.25, 0.3) is 0 Å². The van der Waals surface area contributed by atoms with Crippen molar-refractivity contribution in [2.75, 3.05) is 6.54 Å². The van der Waals surface area contributed by atoms with Crippen LogP contribution in [0.15, 0.2) is 41.1 Å². The quantitative estimate of drug-likeness (QED) is 0.809. The fraction of sp³-hybridized carbons (Fsp3) is 0.412. The SMILES string of the molecule is CC(C)(C)NCC(Cc1ccsc1)c1ccc(Cl)cc1. The van der Waals surface area contributed by atoms with E-state index < -0.39 is 0 Å². The Morgan fingerprint density at radius 3 is 2.40 bits per heavy atom. The molecule has 1 heterocycles. The Morgan fingerprint density at radius 1 is 1.15 bits per heavy atom. The molecule has 0 aliphatic heterocycles. The molecule has 0 aliphatic rings. The van der Waals surface area contributed by atoms with Gasteiger partial charge in [-0.3, -0.25) is 0 Å². The molecule has 1 aromatic carbocycles. The van der Waals surface area contributed by atoms with Crippen molar-refractivity contribution in [2.24, 2.45) is 0 Å². The van der Waals surface area contributed by atoms with Crippen LogP contribution in [0.5, 0.6) is 0 Å². The molecule has 1 atom stereocenters. The van der Waals surface area contributed by atoms with Crippen LogP contribution in [-0.4, -0.2) is 12.1 Å². The second-order valence-corrected chi connectivity index (χ2v) is 7.43. The Bertz CT molecular complexity index is 511. The topological polar surface area (TPSA) is 12.0 Å². The van der Waals surface area contributed by atoms with Crippen molar-refractivity contribution in [1.82, 2.24) is 5.32 Å². The maximum absolute atomic E-state index is 5.99. The van der Waals surface area contributed by atoms with Crippen LogP contribution in [0.3, 0.4) is 0 Å². The van der Waals surface area contributed by atoms with Crippen LogP contribution in [0.1, 0.15) is 37.8 Å². The lowest BCUT2D eigenvalue weighted by Gasteiger charge is -2.25. The lowest BCUT2D eigenvalue weighted by Crippen LogP contribution is -2.39. The predicted molar refractivity (Wildman–Crippen MR) is 90.0 cm³/mol. The molecule has 0 bridgehead atoms. The highest BCUT2D eigenvalue weighted by Gasteiger charge is 2.16. The summed E-state index contributed by atoms with van der Waals surface area (Å²) in [4.78, 5) is 0. The molecule has 0 radical (unpaired) electrons. The van der Waals surface area contributed by atoms with Gasteiger partial charge in [-0.1, -0.05) is 23.7 Å². The first-order chi connectivity index (χ1) is 9.44. The summed E-state index contributed by atoms with van der Waals surface area (Å²) < 4.78 is 0. The molecule has 108 valence electrons. The van der Waals surface area contributed by atoms with Crippen molar-refractivity contribution < 1.29 is 0 Å². The molecule has 3 heteroatoms. The van der Waals surface area contributed by atoms with E-state index in [2.05, 4.69) is 55.0 Å². The highest BCUT2D eigenvalue weighted by Crippen LogP contribution is 2.24. The minimum atomic E-state index is 0.138. The van der Waals surface area contributed by atoms with Crippen molar-refractivity contribution in [3.05, 3.63) is 57.2 Å². The molecule has 0 aliphatic carbocycles. The van der Waals surface area contributed by atoms with E-state index in [1.807, 2.05) is 12.1 Å². The van der Waals surface area contributed by atoms with Gasteiger partial charge < -0.3 is 5.32 Å². The Balaban J connectivity index is 2.12. The van der Waals surface area contributed by atoms with Crippen molar-refractivity contribution in [1.29, 1.82) is 0 Å². The standard InChI is InChI=1S/C17H22ClNS/c1-17(2,3)19-11-15(10-13-8-9-20-12-13)14-4-6-16(18)7-5-14/h4-9,12,15,19H,10-11H2,1-3H3. The Morgan fingerprint density at radius 2 is 1.85 bits per heavy atom. The van der Waals surface area contributed by atoms with Gasteiger partial charge >= 0.3 is 0 Å². The summed E-state index contributed by atoms with van der Waals surface area (Å²) in [5, 5.41) is 8.80. The second-order valence-electron chi connectivity index (χ2n) is 6.22. The zero-order valence-corrected chi connectivity index (χ0v) is 13.9. The Labute approximate surface area is 131 Å². The molecule has 0 spiro atoms. The maximum atomic E-state index is 5.99. The monoisotopic (exact) mass is 307 g/mol. The summed E-state index contributed by atoms with van der Waals surface area (Å²) >= 11 is 7.76. The van der Waals surface area contributed by atoms with Crippen LogP contribution in [0, 0.1) is 0 Å². The first kappa shape index (κ1) is 15.6. The fourth-order valence-corrected chi connectivity index (χ4v) is 2.97. The molecule has 20 heavy (non-hydrogen) atoms. The van der Waals surface area contributed by atoms with Crippen molar-refractivity contribution >= 4 is 22.9 Å². The second kappa shape index (κ2) is 6.75. The fourth-order valence-electron chi connectivity index (χ4n) is 2.17. The number of hydrogen-bond acceptors (Lipinski definition) is 2. The van der Waals surface area contributed by atoms with E-state index >= 15 is 0 Å². The first-order valence-electron chi connectivity index (χ1n) is 6.95. The number of rotatable bonds is 5. The predicted octanol–water partition coefficient (Wildman–Crippen LogP) is 5.12. The average molecular weight is 308 g/mol. The summed E-state index contributed by atoms with van der Waals surface area (Å²) in [6.45, 7) is 7.59. The highest BCUT2D eigenvalue weighted by molar-refractivity contribution is 7.07. The molecule has 0 amide bonds. The summed E-state index contributed by atoms with van der Waals surface area (Å²) in [7, 11) is 0. The molecule has 0 saturated carbocycles. The number of nitrogens with one attached hydrogen (secondary N) is 1. The van der Waals surface area contributed by atoms with Gasteiger partial charge in [-0.2, -0.15) is 11.3 Å². The molecular formula is C17H22ClNS. The third-order valence-corrected chi connectivity index (χ3v) is 4.27. The zero-order valence-electron chi connectivity index (χ0n) is 12.3. The smallest absolute Gasteiger partial charge is 0.0406 e. The molecular weight excluding hydrogens is 286 g/mol. The van der Waals surface area contributed by atoms with Gasteiger partial charge in [-0.25, -0.2) is 0 Å². The van der Waals surface area contributed by atoms with Gasteiger partial charge in [-0.15, -0.1) is 0 Å². The van der Waals surface area contributed by atoms with Crippen LogP contribution < -0.4 is 5.32 Å². The number of hydrogen-bond donors (Lipinski definition) is 1. The van der Waals surface area contributed by atoms with Crippen LogP contribution in [0.2, 0.25) is 5.02 Å². The van der Waals surface area contributed by atoms with Crippen molar-refractivity contribution in [2.45, 2.75) is 38.6 Å². The van der Waals surface area contributed by atoms with Crippen LogP contribution >= 0.6 is 22.9 Å². The van der Waals surface area contributed by atoms with E-state index in [0.717, 1.165) is 18.0 Å². The molecule has 0 fully saturated rings. The van der Waals surface area contributed by atoms with Crippen molar-refractivity contribution in [3.63, 3.8) is 0 Å². The van der Waals surface area contributed by atoms with Gasteiger partial charge in [-0.05, 0) is 67.3 Å². The summed E-state index contributed by atoms with van der Waals surface area (Å²) in [5.41, 5.74) is 2.89. The molecule has 1 unspecified atom stereocenters. The van der Waals surface area contributed by atoms with E-state index in [1.165, 1.54) is 11.1 Å². The number of benzene rings is 1. The van der Waals surface area contributed by atoms with E-state index in [4.69, 9.17) is 11.6 Å². The third kappa shape index (κ3) is 4.93. The maximum Gasteiger partial charge on any atom is 0.0406 e. The highest BCUT2D eigenvalue weighted by atomic mass is 35.5. The summed E-state index contributed by atoms with van der Waals surface area (Å²) in [5.74, 6) is 0.473. The molecule has 2 aromatic rings. The minimum absolute atomic E-state index is 0.138. The average Bonchev–Trinajstić information content (AvgIpc) is 2.87. The minimum Gasteiger partial charge on any atom is -0.311 e. The molecule has 2 rings (SSSR count). The van der Waals surface area contributed by atoms with E-state index in [-0.39, 0.29) is 5.54 Å². The molecule has 1 N–H and O–H groups in total. The largest absolute Gasteiger partial charge is 0.311 e.